The van der Waals surface area contributed by atoms with Crippen LogP contribution < -0.4 is 5.73 Å². The van der Waals surface area contributed by atoms with Crippen LogP contribution in [0, 0.1) is 0 Å². The first-order valence-electron chi connectivity index (χ1n) is 6.12. The summed E-state index contributed by atoms with van der Waals surface area (Å²) in [4.78, 5) is 17.2. The number of nitrogens with two attached hydrogens (primary N) is 1. The average molecular weight is 235 g/mol. The highest BCUT2D eigenvalue weighted by Crippen LogP contribution is 2.30. The largest absolute Gasteiger partial charge is 0.397 e. The van der Waals surface area contributed by atoms with Gasteiger partial charge in [-0.3, -0.25) is 4.79 Å². The maximum atomic E-state index is 12.3. The lowest BCUT2D eigenvalue weighted by molar-refractivity contribution is -0.0447. The molecule has 2 unspecified atom stereocenters. The Bertz CT molecular complexity index is 429. The molecule has 3 N–H and O–H groups in total. The van der Waals surface area contributed by atoms with Crippen LogP contribution >= 0.6 is 0 Å². The van der Waals surface area contributed by atoms with Gasteiger partial charge in [0, 0.05) is 18.4 Å². The summed E-state index contributed by atoms with van der Waals surface area (Å²) >= 11 is 0. The van der Waals surface area contributed by atoms with E-state index in [1.54, 1.807) is 12.3 Å². The number of morpholine rings is 1. The number of rotatable bonds is 1. The molecule has 0 bridgehead atoms. The molecule has 5 heteroatoms. The highest BCUT2D eigenvalue weighted by atomic mass is 16.5. The molecule has 3 rings (SSSR count). The summed E-state index contributed by atoms with van der Waals surface area (Å²) in [6.07, 6.45) is 5.15. The summed E-state index contributed by atoms with van der Waals surface area (Å²) in [5.41, 5.74) is 6.81. The summed E-state index contributed by atoms with van der Waals surface area (Å²) < 4.78 is 5.69. The molecule has 1 aliphatic heterocycles. The van der Waals surface area contributed by atoms with E-state index >= 15 is 0 Å². The summed E-state index contributed by atoms with van der Waals surface area (Å²) in [6, 6.07) is 1.95. The van der Waals surface area contributed by atoms with Crippen LogP contribution in [0.1, 0.15) is 29.8 Å². The Labute approximate surface area is 99.9 Å². The topological polar surface area (TPSA) is 71.4 Å². The van der Waals surface area contributed by atoms with Gasteiger partial charge in [0.2, 0.25) is 0 Å². The number of nitrogens with zero attached hydrogens (tertiary/aromatic N) is 1. The highest BCUT2D eigenvalue weighted by Gasteiger charge is 2.38. The van der Waals surface area contributed by atoms with Crippen LogP contribution in [-0.2, 0) is 4.74 Å². The Balaban J connectivity index is 1.81. The fraction of sp³-hybridized carbons (Fsp3) is 0.583. The first kappa shape index (κ1) is 10.7. The summed E-state index contributed by atoms with van der Waals surface area (Å²) in [6.45, 7) is 1.32. The molecule has 2 fully saturated rings. The minimum Gasteiger partial charge on any atom is -0.397 e. The lowest BCUT2D eigenvalue weighted by atomic mass is 10.1. The van der Waals surface area contributed by atoms with E-state index in [0.717, 1.165) is 19.3 Å². The molecule has 0 radical (unpaired) electrons. The normalized spacial score (nSPS) is 28.1. The Morgan fingerprint density at radius 1 is 1.53 bits per heavy atom. The first-order chi connectivity index (χ1) is 8.25. The van der Waals surface area contributed by atoms with E-state index in [4.69, 9.17) is 10.5 Å². The molecule has 0 aromatic carbocycles. The molecule has 1 aliphatic carbocycles. The molecular formula is C12H17N3O2. The molecule has 17 heavy (non-hydrogen) atoms. The van der Waals surface area contributed by atoms with Crippen LogP contribution in [0.2, 0.25) is 0 Å². The van der Waals surface area contributed by atoms with Gasteiger partial charge in [-0.05, 0) is 25.3 Å². The predicted octanol–water partition coefficient (Wildman–Crippen LogP) is 0.990. The maximum absolute atomic E-state index is 12.3. The van der Waals surface area contributed by atoms with Gasteiger partial charge in [-0.15, -0.1) is 0 Å². The van der Waals surface area contributed by atoms with E-state index in [1.165, 1.54) is 0 Å². The zero-order valence-electron chi connectivity index (χ0n) is 9.69. The number of ether oxygens (including phenoxy) is 1. The van der Waals surface area contributed by atoms with Crippen LogP contribution in [0.15, 0.2) is 12.3 Å². The van der Waals surface area contributed by atoms with E-state index in [0.29, 0.717) is 24.5 Å². The molecule has 0 spiro atoms. The SMILES string of the molecule is Nc1c[nH]c(C(=O)N2CCOC3CCCC32)c1. The Hall–Kier alpha value is -1.49. The number of hydrogen-bond acceptors (Lipinski definition) is 3. The number of hydrogen-bond donors (Lipinski definition) is 2. The van der Waals surface area contributed by atoms with Crippen molar-refractivity contribution in [3.63, 3.8) is 0 Å². The number of nitrogen functional groups attached to an aromatic ring is 1. The second-order valence-corrected chi connectivity index (χ2v) is 4.75. The van der Waals surface area contributed by atoms with Crippen molar-refractivity contribution < 1.29 is 9.53 Å². The molecule has 1 aromatic rings. The fourth-order valence-corrected chi connectivity index (χ4v) is 2.87. The molecule has 1 amide bonds. The molecule has 1 saturated carbocycles. The minimum atomic E-state index is 0.0434. The van der Waals surface area contributed by atoms with E-state index in [9.17, 15) is 4.79 Å². The zero-order valence-corrected chi connectivity index (χ0v) is 9.69. The number of H-pyrrole nitrogens is 1. The smallest absolute Gasteiger partial charge is 0.270 e. The van der Waals surface area contributed by atoms with E-state index < -0.39 is 0 Å². The number of aromatic amines is 1. The second kappa shape index (κ2) is 4.07. The zero-order chi connectivity index (χ0) is 11.8. The highest BCUT2D eigenvalue weighted by molar-refractivity contribution is 5.93. The lowest BCUT2D eigenvalue weighted by Crippen LogP contribution is -2.51. The number of fused-ring (bicyclic) bond motifs is 1. The molecule has 1 aromatic heterocycles. The lowest BCUT2D eigenvalue weighted by Gasteiger charge is -2.37. The third-order valence-corrected chi connectivity index (χ3v) is 3.68. The van der Waals surface area contributed by atoms with Gasteiger partial charge in [0.1, 0.15) is 5.69 Å². The van der Waals surface area contributed by atoms with Crippen molar-refractivity contribution in [3.05, 3.63) is 18.0 Å². The van der Waals surface area contributed by atoms with Crippen molar-refractivity contribution in [1.82, 2.24) is 9.88 Å². The van der Waals surface area contributed by atoms with Gasteiger partial charge in [-0.2, -0.15) is 0 Å². The van der Waals surface area contributed by atoms with Crippen LogP contribution in [0.5, 0.6) is 0 Å². The molecule has 1 saturated heterocycles. The molecule has 5 nitrogen and oxygen atoms in total. The Kier molecular flexibility index (Phi) is 2.55. The monoisotopic (exact) mass is 235 g/mol. The standard InChI is InChI=1S/C12H17N3O2/c13-8-6-9(14-7-8)12(16)15-4-5-17-11-3-1-2-10(11)15/h6-7,10-11,14H,1-5,13H2. The van der Waals surface area contributed by atoms with Gasteiger partial charge in [0.15, 0.2) is 0 Å². The number of amides is 1. The van der Waals surface area contributed by atoms with Crippen LogP contribution in [-0.4, -0.2) is 41.1 Å². The van der Waals surface area contributed by atoms with Crippen LogP contribution in [0.3, 0.4) is 0 Å². The van der Waals surface area contributed by atoms with Gasteiger partial charge in [-0.25, -0.2) is 0 Å². The van der Waals surface area contributed by atoms with Crippen LogP contribution in [0.4, 0.5) is 5.69 Å². The fourth-order valence-electron chi connectivity index (χ4n) is 2.87. The van der Waals surface area contributed by atoms with Gasteiger partial charge in [0.25, 0.3) is 5.91 Å². The number of anilines is 1. The quantitative estimate of drug-likeness (QED) is 0.762. The summed E-state index contributed by atoms with van der Waals surface area (Å²) in [7, 11) is 0. The second-order valence-electron chi connectivity index (χ2n) is 4.75. The van der Waals surface area contributed by atoms with E-state index in [2.05, 4.69) is 4.98 Å². The number of carbonyl (C=O) groups is 1. The number of nitrogens with one attached hydrogen (secondary N) is 1. The molecule has 2 heterocycles. The third kappa shape index (κ3) is 1.80. The van der Waals surface area contributed by atoms with Crippen molar-refractivity contribution in [2.75, 3.05) is 18.9 Å². The summed E-state index contributed by atoms with van der Waals surface area (Å²) in [5, 5.41) is 0. The van der Waals surface area contributed by atoms with Crippen molar-refractivity contribution in [3.8, 4) is 0 Å². The minimum absolute atomic E-state index is 0.0434. The molecular weight excluding hydrogens is 218 g/mol. The van der Waals surface area contributed by atoms with Gasteiger partial charge in [-0.1, -0.05) is 0 Å². The van der Waals surface area contributed by atoms with E-state index in [1.807, 2.05) is 4.90 Å². The molecule has 92 valence electrons. The first-order valence-corrected chi connectivity index (χ1v) is 6.12. The van der Waals surface area contributed by atoms with Gasteiger partial charge in [0.05, 0.1) is 18.8 Å². The van der Waals surface area contributed by atoms with Crippen molar-refractivity contribution >= 4 is 11.6 Å². The average Bonchev–Trinajstić information content (AvgIpc) is 2.95. The van der Waals surface area contributed by atoms with Crippen molar-refractivity contribution in [1.29, 1.82) is 0 Å². The van der Waals surface area contributed by atoms with Crippen molar-refractivity contribution in [2.24, 2.45) is 0 Å². The molecule has 2 atom stereocenters. The summed E-state index contributed by atoms with van der Waals surface area (Å²) in [5.74, 6) is 0.0434. The predicted molar refractivity (Wildman–Crippen MR) is 63.6 cm³/mol. The Morgan fingerprint density at radius 3 is 3.18 bits per heavy atom. The van der Waals surface area contributed by atoms with Crippen LogP contribution in [0.25, 0.3) is 0 Å². The maximum Gasteiger partial charge on any atom is 0.270 e. The van der Waals surface area contributed by atoms with Gasteiger partial charge >= 0.3 is 0 Å². The van der Waals surface area contributed by atoms with Crippen molar-refractivity contribution in [2.45, 2.75) is 31.4 Å². The van der Waals surface area contributed by atoms with Gasteiger partial charge < -0.3 is 20.4 Å². The number of aromatic nitrogens is 1. The number of carbonyl (C=O) groups excluding carboxylic acids is 1. The Morgan fingerprint density at radius 2 is 2.41 bits per heavy atom. The third-order valence-electron chi connectivity index (χ3n) is 3.68. The van der Waals surface area contributed by atoms with E-state index in [-0.39, 0.29) is 18.1 Å². The molecule has 2 aliphatic rings.